The third-order valence-electron chi connectivity index (χ3n) is 2.76. The number of hydrogen-bond donors (Lipinski definition) is 0. The largest absolute Gasteiger partial charge is 0.457 e. The van der Waals surface area contributed by atoms with E-state index in [4.69, 9.17) is 33.2 Å². The van der Waals surface area contributed by atoms with E-state index in [0.717, 1.165) is 5.56 Å². The summed E-state index contributed by atoms with van der Waals surface area (Å²) in [6.07, 6.45) is 0.293. The maximum atomic E-state index is 11.1. The number of halogens is 2. The van der Waals surface area contributed by atoms with E-state index < -0.39 is 0 Å². The summed E-state index contributed by atoms with van der Waals surface area (Å²) in [7, 11) is 0. The molecule has 2 aromatic carbocycles. The van der Waals surface area contributed by atoms with Crippen LogP contribution in [0.5, 0.6) is 11.5 Å². The summed E-state index contributed by atoms with van der Waals surface area (Å²) in [5, 5.41) is 9.62. The normalized spacial score (nSPS) is 10.0. The van der Waals surface area contributed by atoms with Gasteiger partial charge in [0.25, 0.3) is 0 Å². The molecule has 3 nitrogen and oxygen atoms in total. The third kappa shape index (κ3) is 3.98. The number of ether oxygens (including phenoxy) is 1. The molecule has 106 valence electrons. The number of ketones is 1. The highest BCUT2D eigenvalue weighted by Gasteiger charge is 2.07. The van der Waals surface area contributed by atoms with Crippen molar-refractivity contribution in [2.75, 3.05) is 0 Å². The molecule has 0 aromatic heterocycles. The molecule has 0 saturated heterocycles. The van der Waals surface area contributed by atoms with Crippen molar-refractivity contribution < 1.29 is 9.53 Å². The Hall–Kier alpha value is -2.02. The SMILES string of the molecule is CC(=O)Cc1ccc(Oc2ccc(C#N)c(Cl)c2)cc1Cl. The maximum Gasteiger partial charge on any atom is 0.134 e. The molecule has 0 aliphatic rings. The molecule has 0 spiro atoms. The van der Waals surface area contributed by atoms with Crippen LogP contribution in [-0.2, 0) is 11.2 Å². The van der Waals surface area contributed by atoms with Crippen molar-refractivity contribution in [3.63, 3.8) is 0 Å². The molecule has 0 aliphatic carbocycles. The van der Waals surface area contributed by atoms with Crippen LogP contribution in [-0.4, -0.2) is 5.78 Å². The maximum absolute atomic E-state index is 11.1. The van der Waals surface area contributed by atoms with Gasteiger partial charge in [-0.05, 0) is 36.8 Å². The van der Waals surface area contributed by atoms with Gasteiger partial charge >= 0.3 is 0 Å². The summed E-state index contributed by atoms with van der Waals surface area (Å²) in [4.78, 5) is 11.1. The lowest BCUT2D eigenvalue weighted by atomic mass is 10.1. The van der Waals surface area contributed by atoms with Gasteiger partial charge in [0.2, 0.25) is 0 Å². The summed E-state index contributed by atoms with van der Waals surface area (Å²) in [5.74, 6) is 1.09. The molecular weight excluding hydrogens is 309 g/mol. The Morgan fingerprint density at radius 1 is 1.14 bits per heavy atom. The Kier molecular flexibility index (Phi) is 4.85. The fraction of sp³-hybridized carbons (Fsp3) is 0.125. The zero-order valence-electron chi connectivity index (χ0n) is 11.2. The van der Waals surface area contributed by atoms with Crippen molar-refractivity contribution in [3.05, 3.63) is 57.6 Å². The second-order valence-corrected chi connectivity index (χ2v) is 5.30. The molecule has 2 rings (SSSR count). The predicted octanol–water partition coefficient (Wildman–Crippen LogP) is 4.79. The first-order valence-corrected chi connectivity index (χ1v) is 6.90. The predicted molar refractivity (Wildman–Crippen MR) is 82.1 cm³/mol. The van der Waals surface area contributed by atoms with Gasteiger partial charge in [0.15, 0.2) is 0 Å². The molecule has 0 unspecified atom stereocenters. The fourth-order valence-corrected chi connectivity index (χ4v) is 2.24. The van der Waals surface area contributed by atoms with Crippen LogP contribution < -0.4 is 4.74 Å². The minimum absolute atomic E-state index is 0.0458. The van der Waals surface area contributed by atoms with E-state index >= 15 is 0 Å². The smallest absolute Gasteiger partial charge is 0.134 e. The number of nitriles is 1. The third-order valence-corrected chi connectivity index (χ3v) is 3.43. The monoisotopic (exact) mass is 319 g/mol. The standard InChI is InChI=1S/C16H11Cl2NO2/c1-10(20)6-11-2-4-13(7-15(11)17)21-14-5-3-12(9-19)16(18)8-14/h2-5,7-8H,6H2,1H3. The highest BCUT2D eigenvalue weighted by Crippen LogP contribution is 2.29. The number of hydrogen-bond acceptors (Lipinski definition) is 3. The van der Waals surface area contributed by atoms with Gasteiger partial charge < -0.3 is 4.74 Å². The van der Waals surface area contributed by atoms with Gasteiger partial charge in [-0.1, -0.05) is 29.3 Å². The first kappa shape index (κ1) is 15.4. The van der Waals surface area contributed by atoms with Gasteiger partial charge in [0, 0.05) is 17.5 Å². The van der Waals surface area contributed by atoms with Crippen molar-refractivity contribution in [1.29, 1.82) is 5.26 Å². The van der Waals surface area contributed by atoms with E-state index in [2.05, 4.69) is 0 Å². The van der Waals surface area contributed by atoms with Crippen LogP contribution in [0.15, 0.2) is 36.4 Å². The number of rotatable bonds is 4. The summed E-state index contributed by atoms with van der Waals surface area (Å²) in [6, 6.07) is 11.9. The Morgan fingerprint density at radius 2 is 1.76 bits per heavy atom. The van der Waals surface area contributed by atoms with Crippen LogP contribution in [0.1, 0.15) is 18.1 Å². The van der Waals surface area contributed by atoms with Gasteiger partial charge in [0.05, 0.1) is 10.6 Å². The van der Waals surface area contributed by atoms with Crippen molar-refractivity contribution in [3.8, 4) is 17.6 Å². The summed E-state index contributed by atoms with van der Waals surface area (Å²) >= 11 is 12.1. The molecule has 0 N–H and O–H groups in total. The topological polar surface area (TPSA) is 50.1 Å². The molecule has 21 heavy (non-hydrogen) atoms. The Balaban J connectivity index is 2.20. The highest BCUT2D eigenvalue weighted by atomic mass is 35.5. The van der Waals surface area contributed by atoms with Gasteiger partial charge in [-0.3, -0.25) is 4.79 Å². The minimum Gasteiger partial charge on any atom is -0.457 e. The summed E-state index contributed by atoms with van der Waals surface area (Å²) < 4.78 is 5.64. The van der Waals surface area contributed by atoms with Crippen LogP contribution in [0.2, 0.25) is 10.0 Å². The quantitative estimate of drug-likeness (QED) is 0.814. The molecule has 0 heterocycles. The summed E-state index contributed by atoms with van der Waals surface area (Å²) in [6.45, 7) is 1.51. The fourth-order valence-electron chi connectivity index (χ4n) is 1.79. The van der Waals surface area contributed by atoms with Crippen LogP contribution >= 0.6 is 23.2 Å². The van der Waals surface area contributed by atoms with E-state index in [1.54, 1.807) is 36.4 Å². The molecule has 0 fully saturated rings. The van der Waals surface area contributed by atoms with Crippen molar-refractivity contribution in [2.45, 2.75) is 13.3 Å². The van der Waals surface area contributed by atoms with E-state index in [1.807, 2.05) is 6.07 Å². The lowest BCUT2D eigenvalue weighted by Gasteiger charge is -2.09. The average molecular weight is 320 g/mol. The Bertz CT molecular complexity index is 736. The van der Waals surface area contributed by atoms with Crippen molar-refractivity contribution in [1.82, 2.24) is 0 Å². The molecule has 0 saturated carbocycles. The number of nitrogens with zero attached hydrogens (tertiary/aromatic N) is 1. The first-order valence-electron chi connectivity index (χ1n) is 6.15. The van der Waals surface area contributed by atoms with Gasteiger partial charge in [0.1, 0.15) is 23.4 Å². The zero-order chi connectivity index (χ0) is 15.4. The van der Waals surface area contributed by atoms with Gasteiger partial charge in [-0.25, -0.2) is 0 Å². The van der Waals surface area contributed by atoms with Crippen molar-refractivity contribution >= 4 is 29.0 Å². The van der Waals surface area contributed by atoms with Crippen LogP contribution in [0.3, 0.4) is 0 Å². The number of carbonyl (C=O) groups is 1. The number of benzene rings is 2. The zero-order valence-corrected chi connectivity index (χ0v) is 12.7. The van der Waals surface area contributed by atoms with Crippen LogP contribution in [0, 0.1) is 11.3 Å². The van der Waals surface area contributed by atoms with Crippen molar-refractivity contribution in [2.24, 2.45) is 0 Å². The van der Waals surface area contributed by atoms with E-state index in [9.17, 15) is 4.79 Å². The lowest BCUT2D eigenvalue weighted by molar-refractivity contribution is -0.116. The second-order valence-electron chi connectivity index (χ2n) is 4.49. The minimum atomic E-state index is 0.0458. The number of carbonyl (C=O) groups excluding carboxylic acids is 1. The average Bonchev–Trinajstić information content (AvgIpc) is 2.42. The van der Waals surface area contributed by atoms with Crippen LogP contribution in [0.25, 0.3) is 0 Å². The molecule has 5 heteroatoms. The van der Waals surface area contributed by atoms with Gasteiger partial charge in [-0.2, -0.15) is 5.26 Å². The van der Waals surface area contributed by atoms with E-state index in [1.165, 1.54) is 6.92 Å². The Morgan fingerprint density at radius 3 is 2.29 bits per heavy atom. The second kappa shape index (κ2) is 6.62. The Labute approximate surface area is 132 Å². The van der Waals surface area contributed by atoms with Crippen LogP contribution in [0.4, 0.5) is 0 Å². The van der Waals surface area contributed by atoms with E-state index in [0.29, 0.717) is 33.5 Å². The molecule has 0 atom stereocenters. The highest BCUT2D eigenvalue weighted by molar-refractivity contribution is 6.32. The van der Waals surface area contributed by atoms with E-state index in [-0.39, 0.29) is 5.78 Å². The molecule has 2 aromatic rings. The molecule has 0 aliphatic heterocycles. The molecule has 0 amide bonds. The van der Waals surface area contributed by atoms with Gasteiger partial charge in [-0.15, -0.1) is 0 Å². The first-order chi connectivity index (χ1) is 9.99. The molecule has 0 bridgehead atoms. The summed E-state index contributed by atoms with van der Waals surface area (Å²) in [5.41, 5.74) is 1.15. The lowest BCUT2D eigenvalue weighted by Crippen LogP contribution is -1.97. The molecule has 0 radical (unpaired) electrons. The number of Topliss-reactive ketones (excluding diaryl/α,β-unsaturated/α-hetero) is 1. The molecular formula is C16H11Cl2NO2.